The molecule has 2 unspecified atom stereocenters. The van der Waals surface area contributed by atoms with Gasteiger partial charge in [-0.1, -0.05) is 13.0 Å². The Kier molecular flexibility index (Phi) is 3.10. The van der Waals surface area contributed by atoms with E-state index in [1.807, 2.05) is 11.0 Å². The molecule has 1 fully saturated rings. The molecule has 0 radical (unpaired) electrons. The second-order valence-electron chi connectivity index (χ2n) is 5.23. The first-order valence-corrected chi connectivity index (χ1v) is 6.71. The van der Waals surface area contributed by atoms with Crippen LogP contribution < -0.4 is 4.90 Å². The number of aliphatic hydroxyl groups is 1. The second-order valence-corrected chi connectivity index (χ2v) is 5.23. The standard InChI is InChI=1S/C14H17N3O3/c1-9-5-7-16(10(9)8-18)13-12(14(19)20)17-6-3-2-4-11(17)15-13/h2-4,6,9-10,18H,5,7-8H2,1H3,(H,19,20). The van der Waals surface area contributed by atoms with Crippen LogP contribution in [0.15, 0.2) is 24.4 Å². The molecular formula is C14H17N3O3. The third-order valence-corrected chi connectivity index (χ3v) is 4.06. The molecule has 1 saturated heterocycles. The number of aliphatic hydroxyl groups excluding tert-OH is 1. The third-order valence-electron chi connectivity index (χ3n) is 4.06. The Morgan fingerprint density at radius 1 is 1.50 bits per heavy atom. The van der Waals surface area contributed by atoms with Gasteiger partial charge >= 0.3 is 5.97 Å². The first kappa shape index (κ1) is 12.9. The van der Waals surface area contributed by atoms with Crippen molar-refractivity contribution in [2.45, 2.75) is 19.4 Å². The van der Waals surface area contributed by atoms with Crippen molar-refractivity contribution >= 4 is 17.4 Å². The van der Waals surface area contributed by atoms with Crippen molar-refractivity contribution in [1.82, 2.24) is 9.38 Å². The summed E-state index contributed by atoms with van der Waals surface area (Å²) >= 11 is 0. The molecular weight excluding hydrogens is 258 g/mol. The molecule has 106 valence electrons. The monoisotopic (exact) mass is 275 g/mol. The molecule has 0 amide bonds. The van der Waals surface area contributed by atoms with Gasteiger partial charge in [-0.05, 0) is 24.5 Å². The maximum absolute atomic E-state index is 11.6. The summed E-state index contributed by atoms with van der Waals surface area (Å²) in [6.07, 6.45) is 2.63. The van der Waals surface area contributed by atoms with Gasteiger partial charge in [-0.15, -0.1) is 0 Å². The van der Waals surface area contributed by atoms with Crippen molar-refractivity contribution in [3.05, 3.63) is 30.1 Å². The van der Waals surface area contributed by atoms with E-state index in [-0.39, 0.29) is 18.3 Å². The van der Waals surface area contributed by atoms with Gasteiger partial charge in [0.1, 0.15) is 5.65 Å². The third kappa shape index (κ3) is 1.84. The Morgan fingerprint density at radius 3 is 3.00 bits per heavy atom. The number of carboxylic acids is 1. The fourth-order valence-corrected chi connectivity index (χ4v) is 2.93. The number of carbonyl (C=O) groups is 1. The zero-order valence-corrected chi connectivity index (χ0v) is 11.2. The molecule has 1 aliphatic rings. The molecule has 0 saturated carbocycles. The summed E-state index contributed by atoms with van der Waals surface area (Å²) in [6, 6.07) is 5.32. The molecule has 0 spiro atoms. The first-order chi connectivity index (χ1) is 9.63. The van der Waals surface area contributed by atoms with Crippen molar-refractivity contribution < 1.29 is 15.0 Å². The van der Waals surface area contributed by atoms with Gasteiger partial charge in [-0.25, -0.2) is 9.78 Å². The predicted molar refractivity (Wildman–Crippen MR) is 74.2 cm³/mol. The zero-order valence-electron chi connectivity index (χ0n) is 11.2. The Balaban J connectivity index is 2.16. The summed E-state index contributed by atoms with van der Waals surface area (Å²) in [5, 5.41) is 19.0. The van der Waals surface area contributed by atoms with Gasteiger partial charge in [0.15, 0.2) is 11.5 Å². The van der Waals surface area contributed by atoms with Gasteiger partial charge in [0, 0.05) is 12.7 Å². The van der Waals surface area contributed by atoms with Crippen LogP contribution in [0, 0.1) is 5.92 Å². The van der Waals surface area contributed by atoms with Crippen molar-refractivity contribution in [1.29, 1.82) is 0 Å². The van der Waals surface area contributed by atoms with Crippen LogP contribution in [-0.2, 0) is 0 Å². The number of carboxylic acid groups (broad SMARTS) is 1. The van der Waals surface area contributed by atoms with Gasteiger partial charge in [0.2, 0.25) is 0 Å². The number of hydrogen-bond donors (Lipinski definition) is 2. The van der Waals surface area contributed by atoms with Gasteiger partial charge in [0.25, 0.3) is 0 Å². The molecule has 0 aliphatic carbocycles. The van der Waals surface area contributed by atoms with Gasteiger partial charge < -0.3 is 15.1 Å². The molecule has 0 aromatic carbocycles. The van der Waals surface area contributed by atoms with Crippen LogP contribution in [0.5, 0.6) is 0 Å². The molecule has 2 atom stereocenters. The number of imidazole rings is 1. The quantitative estimate of drug-likeness (QED) is 0.881. The van der Waals surface area contributed by atoms with Crippen molar-refractivity contribution in [3.63, 3.8) is 0 Å². The maximum atomic E-state index is 11.6. The van der Waals surface area contributed by atoms with Crippen LogP contribution in [0.25, 0.3) is 5.65 Å². The minimum atomic E-state index is -1.00. The molecule has 6 nitrogen and oxygen atoms in total. The topological polar surface area (TPSA) is 78.1 Å². The van der Waals surface area contributed by atoms with E-state index in [9.17, 15) is 15.0 Å². The number of aromatic nitrogens is 2. The molecule has 20 heavy (non-hydrogen) atoms. The highest BCUT2D eigenvalue weighted by atomic mass is 16.4. The van der Waals surface area contributed by atoms with E-state index in [4.69, 9.17) is 0 Å². The Labute approximate surface area is 116 Å². The lowest BCUT2D eigenvalue weighted by Gasteiger charge is -2.25. The lowest BCUT2D eigenvalue weighted by Crippen LogP contribution is -2.36. The number of anilines is 1. The summed E-state index contributed by atoms with van der Waals surface area (Å²) in [6.45, 7) is 2.79. The average Bonchev–Trinajstić information content (AvgIpc) is 2.98. The molecule has 2 aromatic heterocycles. The summed E-state index contributed by atoms with van der Waals surface area (Å²) in [7, 11) is 0. The van der Waals surface area contributed by atoms with Gasteiger partial charge in [-0.3, -0.25) is 4.40 Å². The van der Waals surface area contributed by atoms with Crippen LogP contribution in [0.4, 0.5) is 5.82 Å². The maximum Gasteiger partial charge on any atom is 0.356 e. The SMILES string of the molecule is CC1CCN(c2nc3ccccn3c2C(=O)O)C1CO. The number of nitrogens with zero attached hydrogens (tertiary/aromatic N) is 3. The van der Waals surface area contributed by atoms with Crippen LogP contribution in [-0.4, -0.2) is 44.8 Å². The molecule has 1 aliphatic heterocycles. The number of aromatic carboxylic acids is 1. The fourth-order valence-electron chi connectivity index (χ4n) is 2.93. The zero-order chi connectivity index (χ0) is 14.3. The van der Waals surface area contributed by atoms with Gasteiger partial charge in [-0.2, -0.15) is 0 Å². The van der Waals surface area contributed by atoms with E-state index in [1.54, 1.807) is 22.7 Å². The summed E-state index contributed by atoms with van der Waals surface area (Å²) in [4.78, 5) is 17.9. The van der Waals surface area contributed by atoms with Crippen molar-refractivity contribution in [3.8, 4) is 0 Å². The molecule has 2 N–H and O–H groups in total. The van der Waals surface area contributed by atoms with Crippen LogP contribution in [0.3, 0.4) is 0 Å². The largest absolute Gasteiger partial charge is 0.476 e. The van der Waals surface area contributed by atoms with Crippen molar-refractivity contribution in [2.24, 2.45) is 5.92 Å². The number of hydrogen-bond acceptors (Lipinski definition) is 4. The first-order valence-electron chi connectivity index (χ1n) is 6.71. The van der Waals surface area contributed by atoms with E-state index in [2.05, 4.69) is 11.9 Å². The minimum Gasteiger partial charge on any atom is -0.476 e. The number of rotatable bonds is 3. The highest BCUT2D eigenvalue weighted by Gasteiger charge is 2.35. The van der Waals surface area contributed by atoms with E-state index in [1.165, 1.54) is 0 Å². The van der Waals surface area contributed by atoms with E-state index >= 15 is 0 Å². The lowest BCUT2D eigenvalue weighted by molar-refractivity contribution is 0.0690. The second kappa shape index (κ2) is 4.79. The van der Waals surface area contributed by atoms with E-state index in [0.717, 1.165) is 13.0 Å². The smallest absolute Gasteiger partial charge is 0.356 e. The molecule has 2 aromatic rings. The van der Waals surface area contributed by atoms with E-state index in [0.29, 0.717) is 17.4 Å². The number of pyridine rings is 1. The van der Waals surface area contributed by atoms with Crippen LogP contribution in [0.2, 0.25) is 0 Å². The molecule has 6 heteroatoms. The van der Waals surface area contributed by atoms with Crippen LogP contribution >= 0.6 is 0 Å². The Morgan fingerprint density at radius 2 is 2.30 bits per heavy atom. The summed E-state index contributed by atoms with van der Waals surface area (Å²) in [5.74, 6) is -0.228. The fraction of sp³-hybridized carbons (Fsp3) is 0.429. The Hall–Kier alpha value is -2.08. The normalized spacial score (nSPS) is 22.6. The predicted octanol–water partition coefficient (Wildman–Crippen LogP) is 1.24. The van der Waals surface area contributed by atoms with E-state index < -0.39 is 5.97 Å². The number of fused-ring (bicyclic) bond motifs is 1. The molecule has 0 bridgehead atoms. The van der Waals surface area contributed by atoms with Crippen LogP contribution in [0.1, 0.15) is 23.8 Å². The summed E-state index contributed by atoms with van der Waals surface area (Å²) in [5.41, 5.74) is 0.768. The average molecular weight is 275 g/mol. The highest BCUT2D eigenvalue weighted by molar-refractivity contribution is 5.93. The minimum absolute atomic E-state index is 0.00803. The van der Waals surface area contributed by atoms with Crippen molar-refractivity contribution in [2.75, 3.05) is 18.1 Å². The molecule has 3 rings (SSSR count). The highest BCUT2D eigenvalue weighted by Crippen LogP contribution is 2.31. The summed E-state index contributed by atoms with van der Waals surface area (Å²) < 4.78 is 1.58. The Bertz CT molecular complexity index is 652. The molecule has 3 heterocycles. The lowest BCUT2D eigenvalue weighted by atomic mass is 10.0. The van der Waals surface area contributed by atoms with Gasteiger partial charge in [0.05, 0.1) is 12.6 Å².